The van der Waals surface area contributed by atoms with E-state index in [0.717, 1.165) is 4.57 Å². The molecule has 156 valence electrons. The van der Waals surface area contributed by atoms with Crippen LogP contribution in [-0.2, 0) is 20.6 Å². The molecule has 3 aromatic rings. The molecule has 0 saturated heterocycles. The maximum Gasteiger partial charge on any atom is 0.332 e. The second-order valence-electron chi connectivity index (χ2n) is 6.67. The Bertz CT molecular complexity index is 1170. The molecule has 2 aromatic heterocycles. The lowest BCUT2D eigenvalue weighted by Gasteiger charge is -2.17. The van der Waals surface area contributed by atoms with Gasteiger partial charge in [-0.15, -0.1) is 0 Å². The van der Waals surface area contributed by atoms with Crippen molar-refractivity contribution in [2.75, 3.05) is 18.5 Å². The molecule has 2 heterocycles. The normalized spacial score (nSPS) is 12.5. The molecule has 3 N–H and O–H groups in total. The quantitative estimate of drug-likeness (QED) is 0.502. The standard InChI is InChI=1S/C18H21Cl2N5O4/c1-23-15-14(16(28)24(2)18(23)29)25(8-10-3-4-11(19)7-13(10)20)17(22-15)21-12(9-27)5-6-26/h3-4,7,12,26-27H,5-6,8-9H2,1-2H3,(H,21,22). The number of fused-ring (bicyclic) bond motifs is 1. The number of imidazole rings is 1. The molecule has 0 spiro atoms. The topological polar surface area (TPSA) is 114 Å². The molecule has 0 saturated carbocycles. The monoisotopic (exact) mass is 441 g/mol. The maximum atomic E-state index is 12.9. The summed E-state index contributed by atoms with van der Waals surface area (Å²) in [5.41, 5.74) is 0.0981. The van der Waals surface area contributed by atoms with Crippen LogP contribution in [0.4, 0.5) is 5.95 Å². The average molecular weight is 442 g/mol. The number of nitrogens with one attached hydrogen (secondary N) is 1. The van der Waals surface area contributed by atoms with Gasteiger partial charge in [-0.25, -0.2) is 4.79 Å². The minimum atomic E-state index is -0.503. The summed E-state index contributed by atoms with van der Waals surface area (Å²) >= 11 is 12.3. The Kier molecular flexibility index (Phi) is 6.33. The fraction of sp³-hybridized carbons (Fsp3) is 0.389. The molecule has 0 aliphatic rings. The Labute approximate surface area is 175 Å². The van der Waals surface area contributed by atoms with Crippen LogP contribution in [0.25, 0.3) is 11.2 Å². The van der Waals surface area contributed by atoms with Gasteiger partial charge in [0.1, 0.15) is 0 Å². The summed E-state index contributed by atoms with van der Waals surface area (Å²) in [5.74, 6) is 0.275. The van der Waals surface area contributed by atoms with Crippen LogP contribution in [-0.4, -0.2) is 48.2 Å². The highest BCUT2D eigenvalue weighted by molar-refractivity contribution is 6.35. The van der Waals surface area contributed by atoms with Gasteiger partial charge in [-0.05, 0) is 24.1 Å². The predicted octanol–water partition coefficient (Wildman–Crippen LogP) is 0.944. The summed E-state index contributed by atoms with van der Waals surface area (Å²) in [4.78, 5) is 29.6. The van der Waals surface area contributed by atoms with E-state index in [0.29, 0.717) is 15.6 Å². The smallest absolute Gasteiger partial charge is 0.332 e. The Hall–Kier alpha value is -2.33. The van der Waals surface area contributed by atoms with E-state index < -0.39 is 17.3 Å². The summed E-state index contributed by atoms with van der Waals surface area (Å²) in [6, 6.07) is 4.53. The van der Waals surface area contributed by atoms with Crippen LogP contribution in [0.1, 0.15) is 12.0 Å². The first kappa shape index (κ1) is 21.4. The van der Waals surface area contributed by atoms with E-state index in [2.05, 4.69) is 10.3 Å². The first-order chi connectivity index (χ1) is 13.8. The zero-order valence-corrected chi connectivity index (χ0v) is 17.4. The SMILES string of the molecule is Cn1c(=O)c2c(nc(NC(CO)CCO)n2Cc2ccc(Cl)cc2Cl)n(C)c1=O. The second-order valence-corrected chi connectivity index (χ2v) is 7.52. The van der Waals surface area contributed by atoms with E-state index in [4.69, 9.17) is 23.2 Å². The van der Waals surface area contributed by atoms with Crippen LogP contribution in [0.15, 0.2) is 27.8 Å². The molecular weight excluding hydrogens is 421 g/mol. The zero-order valence-electron chi connectivity index (χ0n) is 15.9. The van der Waals surface area contributed by atoms with Gasteiger partial charge in [0.2, 0.25) is 5.95 Å². The lowest BCUT2D eigenvalue weighted by molar-refractivity contribution is 0.228. The van der Waals surface area contributed by atoms with Crippen molar-refractivity contribution in [3.8, 4) is 0 Å². The highest BCUT2D eigenvalue weighted by Gasteiger charge is 2.21. The lowest BCUT2D eigenvalue weighted by atomic mass is 10.2. The molecule has 1 atom stereocenters. The summed E-state index contributed by atoms with van der Waals surface area (Å²) in [6.07, 6.45) is 0.276. The van der Waals surface area contributed by atoms with Crippen molar-refractivity contribution in [2.45, 2.75) is 19.0 Å². The Morgan fingerprint density at radius 1 is 1.17 bits per heavy atom. The van der Waals surface area contributed by atoms with Gasteiger partial charge in [0.05, 0.1) is 19.2 Å². The van der Waals surface area contributed by atoms with E-state index in [9.17, 15) is 19.8 Å². The number of anilines is 1. The fourth-order valence-electron chi connectivity index (χ4n) is 3.08. The number of aliphatic hydroxyl groups excluding tert-OH is 2. The van der Waals surface area contributed by atoms with Crippen molar-refractivity contribution in [2.24, 2.45) is 14.1 Å². The summed E-state index contributed by atoms with van der Waals surface area (Å²) in [7, 11) is 2.92. The predicted molar refractivity (Wildman–Crippen MR) is 112 cm³/mol. The molecular formula is C18H21Cl2N5O4. The number of halogens is 2. The second kappa shape index (κ2) is 8.58. The lowest BCUT2D eigenvalue weighted by Crippen LogP contribution is -2.37. The minimum Gasteiger partial charge on any atom is -0.396 e. The van der Waals surface area contributed by atoms with Gasteiger partial charge in [-0.3, -0.25) is 18.5 Å². The van der Waals surface area contributed by atoms with Gasteiger partial charge in [-0.1, -0.05) is 29.3 Å². The average Bonchev–Trinajstić information content (AvgIpc) is 3.04. The molecule has 0 amide bonds. The first-order valence-corrected chi connectivity index (χ1v) is 9.62. The number of benzene rings is 1. The van der Waals surface area contributed by atoms with Crippen molar-refractivity contribution in [1.82, 2.24) is 18.7 Å². The third-order valence-electron chi connectivity index (χ3n) is 4.72. The molecule has 0 aliphatic carbocycles. The number of aliphatic hydroxyl groups is 2. The van der Waals surface area contributed by atoms with E-state index >= 15 is 0 Å². The van der Waals surface area contributed by atoms with Gasteiger partial charge < -0.3 is 15.5 Å². The van der Waals surface area contributed by atoms with Crippen LogP contribution in [0.3, 0.4) is 0 Å². The number of aromatic nitrogens is 4. The van der Waals surface area contributed by atoms with Crippen LogP contribution in [0.2, 0.25) is 10.0 Å². The Balaban J connectivity index is 2.24. The molecule has 0 bridgehead atoms. The van der Waals surface area contributed by atoms with E-state index in [1.165, 1.54) is 18.7 Å². The molecule has 1 aromatic carbocycles. The van der Waals surface area contributed by atoms with Gasteiger partial charge in [-0.2, -0.15) is 4.98 Å². The van der Waals surface area contributed by atoms with Crippen molar-refractivity contribution >= 4 is 40.3 Å². The van der Waals surface area contributed by atoms with Crippen molar-refractivity contribution in [3.63, 3.8) is 0 Å². The zero-order chi connectivity index (χ0) is 21.3. The molecule has 0 radical (unpaired) electrons. The third kappa shape index (κ3) is 4.04. The largest absolute Gasteiger partial charge is 0.396 e. The van der Waals surface area contributed by atoms with Crippen LogP contribution >= 0.6 is 23.2 Å². The molecule has 11 heteroatoms. The van der Waals surface area contributed by atoms with Crippen LogP contribution in [0, 0.1) is 0 Å². The minimum absolute atomic E-state index is 0.137. The Morgan fingerprint density at radius 3 is 2.52 bits per heavy atom. The van der Waals surface area contributed by atoms with Gasteiger partial charge >= 0.3 is 5.69 Å². The van der Waals surface area contributed by atoms with Crippen LogP contribution < -0.4 is 16.6 Å². The number of aryl methyl sites for hydroxylation is 1. The maximum absolute atomic E-state index is 12.9. The molecule has 9 nitrogen and oxygen atoms in total. The van der Waals surface area contributed by atoms with Crippen molar-refractivity contribution in [1.29, 1.82) is 0 Å². The fourth-order valence-corrected chi connectivity index (χ4v) is 3.55. The molecule has 29 heavy (non-hydrogen) atoms. The highest BCUT2D eigenvalue weighted by atomic mass is 35.5. The highest BCUT2D eigenvalue weighted by Crippen LogP contribution is 2.25. The van der Waals surface area contributed by atoms with Gasteiger partial charge in [0.15, 0.2) is 11.2 Å². The summed E-state index contributed by atoms with van der Waals surface area (Å²) in [6.45, 7) is -0.205. The third-order valence-corrected chi connectivity index (χ3v) is 5.31. The molecule has 0 aliphatic heterocycles. The number of rotatable bonds is 7. The molecule has 1 unspecified atom stereocenters. The Morgan fingerprint density at radius 2 is 1.90 bits per heavy atom. The number of hydrogen-bond donors (Lipinski definition) is 3. The van der Waals surface area contributed by atoms with E-state index in [1.54, 1.807) is 22.8 Å². The first-order valence-electron chi connectivity index (χ1n) is 8.86. The number of nitrogens with zero attached hydrogens (tertiary/aromatic N) is 4. The molecule has 0 fully saturated rings. The summed E-state index contributed by atoms with van der Waals surface area (Å²) in [5, 5.41) is 22.7. The number of hydrogen-bond acceptors (Lipinski definition) is 6. The summed E-state index contributed by atoms with van der Waals surface area (Å²) < 4.78 is 3.89. The van der Waals surface area contributed by atoms with Crippen molar-refractivity contribution < 1.29 is 10.2 Å². The van der Waals surface area contributed by atoms with Gasteiger partial charge in [0.25, 0.3) is 5.56 Å². The molecule has 3 rings (SSSR count). The van der Waals surface area contributed by atoms with E-state index in [-0.39, 0.29) is 43.3 Å². The van der Waals surface area contributed by atoms with E-state index in [1.807, 2.05) is 0 Å². The van der Waals surface area contributed by atoms with Gasteiger partial charge in [0, 0.05) is 30.7 Å². The van der Waals surface area contributed by atoms with Crippen molar-refractivity contribution in [3.05, 3.63) is 54.6 Å². The van der Waals surface area contributed by atoms with Crippen LogP contribution in [0.5, 0.6) is 0 Å².